The highest BCUT2D eigenvalue weighted by Crippen LogP contribution is 2.02. The average molecular weight is 277 g/mol. The normalized spacial score (nSPS) is 11.7. The first-order valence-corrected chi connectivity index (χ1v) is 7.57. The van der Waals surface area contributed by atoms with Crippen molar-refractivity contribution in [3.8, 4) is 0 Å². The Bertz CT molecular complexity index is 248. The zero-order valence-electron chi connectivity index (χ0n) is 11.4. The van der Waals surface area contributed by atoms with Crippen LogP contribution in [-0.4, -0.2) is 43.8 Å². The number of esters is 1. The molecule has 0 spiro atoms. The van der Waals surface area contributed by atoms with Crippen molar-refractivity contribution in [3.05, 3.63) is 0 Å². The molecule has 106 valence electrons. The molecule has 0 aliphatic rings. The smallest absolute Gasteiger partial charge is 0.407 e. The number of alkyl carbamates (subject to hydrolysis) is 1. The van der Waals surface area contributed by atoms with Crippen LogP contribution in [0.3, 0.4) is 0 Å². The van der Waals surface area contributed by atoms with E-state index in [4.69, 9.17) is 9.47 Å². The highest BCUT2D eigenvalue weighted by molar-refractivity contribution is 7.98. The van der Waals surface area contributed by atoms with E-state index in [9.17, 15) is 9.59 Å². The molecule has 0 saturated heterocycles. The molecule has 1 N–H and O–H groups in total. The molecule has 0 aromatic carbocycles. The molecule has 0 aromatic rings. The Morgan fingerprint density at radius 3 is 2.61 bits per heavy atom. The summed E-state index contributed by atoms with van der Waals surface area (Å²) < 4.78 is 9.89. The minimum Gasteiger partial charge on any atom is -0.464 e. The zero-order valence-corrected chi connectivity index (χ0v) is 12.2. The van der Waals surface area contributed by atoms with Crippen molar-refractivity contribution in [3.63, 3.8) is 0 Å². The van der Waals surface area contributed by atoms with Gasteiger partial charge >= 0.3 is 12.1 Å². The fourth-order valence-corrected chi connectivity index (χ4v) is 1.44. The van der Waals surface area contributed by atoms with Gasteiger partial charge in [-0.2, -0.15) is 11.8 Å². The molecule has 18 heavy (non-hydrogen) atoms. The van der Waals surface area contributed by atoms with Gasteiger partial charge in [0.05, 0.1) is 19.1 Å². The van der Waals surface area contributed by atoms with E-state index in [1.807, 2.05) is 20.1 Å². The fourth-order valence-electron chi connectivity index (χ4n) is 1.03. The lowest BCUT2D eigenvalue weighted by atomic mass is 10.1. The number of amides is 1. The predicted octanol–water partition coefficient (Wildman–Crippen LogP) is 2.06. The van der Waals surface area contributed by atoms with Crippen LogP contribution in [0.4, 0.5) is 4.79 Å². The van der Waals surface area contributed by atoms with Crippen molar-refractivity contribution < 1.29 is 19.1 Å². The minimum atomic E-state index is -0.462. The number of carbonyl (C=O) groups excluding carboxylic acids is 2. The summed E-state index contributed by atoms with van der Waals surface area (Å²) >= 11 is 1.71. The van der Waals surface area contributed by atoms with Gasteiger partial charge in [-0.1, -0.05) is 13.8 Å². The van der Waals surface area contributed by atoms with Gasteiger partial charge in [0.25, 0.3) is 0 Å². The van der Waals surface area contributed by atoms with Crippen molar-refractivity contribution in [2.24, 2.45) is 5.92 Å². The largest absolute Gasteiger partial charge is 0.464 e. The van der Waals surface area contributed by atoms with Crippen LogP contribution in [0.2, 0.25) is 0 Å². The second kappa shape index (κ2) is 11.2. The Balaban J connectivity index is 3.43. The van der Waals surface area contributed by atoms with Crippen LogP contribution in [0.25, 0.3) is 0 Å². The summed E-state index contributed by atoms with van der Waals surface area (Å²) in [6.45, 7) is 4.62. The molecule has 0 bridgehead atoms. The first-order chi connectivity index (χ1) is 8.61. The molecular weight excluding hydrogens is 254 g/mol. The summed E-state index contributed by atoms with van der Waals surface area (Å²) in [5.41, 5.74) is 0. The number of ether oxygens (including phenoxy) is 2. The van der Waals surface area contributed by atoms with Gasteiger partial charge in [-0.05, 0) is 24.9 Å². The second-order valence-corrected chi connectivity index (χ2v) is 4.87. The maximum Gasteiger partial charge on any atom is 0.407 e. The number of rotatable bonds is 9. The van der Waals surface area contributed by atoms with Crippen molar-refractivity contribution in [2.45, 2.75) is 26.7 Å². The molecule has 0 saturated carbocycles. The highest BCUT2D eigenvalue weighted by Gasteiger charge is 2.11. The lowest BCUT2D eigenvalue weighted by molar-refractivity contribution is -0.147. The maximum atomic E-state index is 11.3. The standard InChI is InChI=1S/C12H23NO4S/c1-4-10(2)11(14)16-8-6-13-12(15)17-7-5-9-18-3/h10H,4-9H2,1-3H3,(H,13,15). The Hall–Kier alpha value is -0.910. The van der Waals surface area contributed by atoms with Crippen molar-refractivity contribution >= 4 is 23.8 Å². The monoisotopic (exact) mass is 277 g/mol. The van der Waals surface area contributed by atoms with E-state index in [1.54, 1.807) is 11.8 Å². The average Bonchev–Trinajstić information content (AvgIpc) is 2.38. The molecule has 1 unspecified atom stereocenters. The van der Waals surface area contributed by atoms with Gasteiger partial charge in [-0.25, -0.2) is 4.79 Å². The van der Waals surface area contributed by atoms with E-state index < -0.39 is 6.09 Å². The van der Waals surface area contributed by atoms with Gasteiger partial charge in [0, 0.05) is 0 Å². The molecule has 0 aliphatic carbocycles. The van der Waals surface area contributed by atoms with E-state index in [0.717, 1.165) is 18.6 Å². The first kappa shape index (κ1) is 17.1. The predicted molar refractivity (Wildman–Crippen MR) is 72.8 cm³/mol. The summed E-state index contributed by atoms with van der Waals surface area (Å²) in [4.78, 5) is 22.5. The van der Waals surface area contributed by atoms with E-state index in [0.29, 0.717) is 6.61 Å². The number of hydrogen-bond donors (Lipinski definition) is 1. The van der Waals surface area contributed by atoms with Gasteiger partial charge in [-0.15, -0.1) is 0 Å². The molecule has 5 nitrogen and oxygen atoms in total. The van der Waals surface area contributed by atoms with Gasteiger partial charge in [0.1, 0.15) is 6.61 Å². The SMILES string of the molecule is CCC(C)C(=O)OCCNC(=O)OCCCSC. The molecule has 6 heteroatoms. The molecule has 1 atom stereocenters. The third-order valence-corrected chi connectivity index (χ3v) is 3.05. The summed E-state index contributed by atoms with van der Waals surface area (Å²) in [6.07, 6.45) is 3.14. The van der Waals surface area contributed by atoms with E-state index in [1.165, 1.54) is 0 Å². The summed E-state index contributed by atoms with van der Waals surface area (Å²) in [5, 5.41) is 2.53. The van der Waals surface area contributed by atoms with Gasteiger partial charge < -0.3 is 14.8 Å². The number of nitrogens with one attached hydrogen (secondary N) is 1. The Kier molecular flexibility index (Phi) is 10.6. The lowest BCUT2D eigenvalue weighted by Gasteiger charge is -2.10. The van der Waals surface area contributed by atoms with Crippen molar-refractivity contribution in [1.82, 2.24) is 5.32 Å². The van der Waals surface area contributed by atoms with Crippen LogP contribution in [0.15, 0.2) is 0 Å². The molecule has 0 rings (SSSR count). The maximum absolute atomic E-state index is 11.3. The second-order valence-electron chi connectivity index (χ2n) is 3.89. The number of thioether (sulfide) groups is 1. The highest BCUT2D eigenvalue weighted by atomic mass is 32.2. The Morgan fingerprint density at radius 1 is 1.28 bits per heavy atom. The molecule has 0 fully saturated rings. The number of hydrogen-bond acceptors (Lipinski definition) is 5. The number of carbonyl (C=O) groups is 2. The molecule has 0 aliphatic heterocycles. The van der Waals surface area contributed by atoms with Crippen molar-refractivity contribution in [1.29, 1.82) is 0 Å². The van der Waals surface area contributed by atoms with Crippen LogP contribution in [0, 0.1) is 5.92 Å². The van der Waals surface area contributed by atoms with Crippen LogP contribution < -0.4 is 5.32 Å². The van der Waals surface area contributed by atoms with E-state index in [2.05, 4.69) is 5.32 Å². The van der Waals surface area contributed by atoms with Gasteiger partial charge in [0.2, 0.25) is 0 Å². The first-order valence-electron chi connectivity index (χ1n) is 6.18. The molecular formula is C12H23NO4S. The van der Waals surface area contributed by atoms with Gasteiger partial charge in [0.15, 0.2) is 0 Å². The Labute approximate surface area is 113 Å². The quantitative estimate of drug-likeness (QED) is 0.516. The minimum absolute atomic E-state index is 0.0940. The lowest BCUT2D eigenvalue weighted by Crippen LogP contribution is -2.29. The third kappa shape index (κ3) is 9.15. The zero-order chi connectivity index (χ0) is 13.8. The Morgan fingerprint density at radius 2 is 2.00 bits per heavy atom. The molecule has 0 aromatic heterocycles. The molecule has 0 radical (unpaired) electrons. The summed E-state index contributed by atoms with van der Waals surface area (Å²) in [7, 11) is 0. The van der Waals surface area contributed by atoms with Crippen LogP contribution in [0.1, 0.15) is 26.7 Å². The third-order valence-electron chi connectivity index (χ3n) is 2.36. The molecule has 1 amide bonds. The van der Waals surface area contributed by atoms with E-state index in [-0.39, 0.29) is 25.0 Å². The van der Waals surface area contributed by atoms with Crippen LogP contribution >= 0.6 is 11.8 Å². The van der Waals surface area contributed by atoms with Crippen LogP contribution in [0.5, 0.6) is 0 Å². The van der Waals surface area contributed by atoms with Gasteiger partial charge in [-0.3, -0.25) is 4.79 Å². The molecule has 0 heterocycles. The van der Waals surface area contributed by atoms with Crippen LogP contribution in [-0.2, 0) is 14.3 Å². The topological polar surface area (TPSA) is 64.6 Å². The summed E-state index contributed by atoms with van der Waals surface area (Å²) in [5.74, 6) is 0.649. The fraction of sp³-hybridized carbons (Fsp3) is 0.833. The van der Waals surface area contributed by atoms with E-state index >= 15 is 0 Å². The summed E-state index contributed by atoms with van der Waals surface area (Å²) in [6, 6.07) is 0. The van der Waals surface area contributed by atoms with Crippen molar-refractivity contribution in [2.75, 3.05) is 31.8 Å².